The third-order valence-electron chi connectivity index (χ3n) is 2.06. The fourth-order valence-electron chi connectivity index (χ4n) is 1.19. The van der Waals surface area contributed by atoms with Gasteiger partial charge in [0.1, 0.15) is 0 Å². The first-order valence-electron chi connectivity index (χ1n) is 5.22. The SMILES string of the molecule is C=C=C/C=C\C/C=C(\C)c1nccc(C)n1. The van der Waals surface area contributed by atoms with E-state index in [0.29, 0.717) is 0 Å². The number of hydrogen-bond donors (Lipinski definition) is 0. The molecule has 1 heterocycles. The molecule has 0 N–H and O–H groups in total. The van der Waals surface area contributed by atoms with Crippen molar-refractivity contribution in [3.63, 3.8) is 0 Å². The predicted octanol–water partition coefficient (Wildman–Crippen LogP) is 3.48. The predicted molar refractivity (Wildman–Crippen MR) is 67.9 cm³/mol. The standard InChI is InChI=1S/C14H16N2/c1-4-5-6-7-8-9-12(2)14-15-11-10-13(3)16-14/h5-7,9-11H,1,8H2,2-3H3/b7-6-,12-9+. The summed E-state index contributed by atoms with van der Waals surface area (Å²) in [7, 11) is 0. The van der Waals surface area contributed by atoms with Gasteiger partial charge in [0.15, 0.2) is 5.82 Å². The Bertz CT molecular complexity index is 450. The summed E-state index contributed by atoms with van der Waals surface area (Å²) < 4.78 is 0. The number of allylic oxidation sites excluding steroid dienone is 5. The van der Waals surface area contributed by atoms with Crippen molar-refractivity contribution in [3.8, 4) is 0 Å². The minimum atomic E-state index is 0.799. The highest BCUT2D eigenvalue weighted by Crippen LogP contribution is 2.09. The highest BCUT2D eigenvalue weighted by Gasteiger charge is 1.97. The number of rotatable bonds is 4. The Morgan fingerprint density at radius 3 is 3.06 bits per heavy atom. The fraction of sp³-hybridized carbons (Fsp3) is 0.214. The highest BCUT2D eigenvalue weighted by molar-refractivity contribution is 5.57. The van der Waals surface area contributed by atoms with Gasteiger partial charge in [-0.2, -0.15) is 0 Å². The molecule has 0 atom stereocenters. The van der Waals surface area contributed by atoms with E-state index < -0.39 is 0 Å². The lowest BCUT2D eigenvalue weighted by Crippen LogP contribution is -1.92. The smallest absolute Gasteiger partial charge is 0.154 e. The van der Waals surface area contributed by atoms with E-state index in [-0.39, 0.29) is 0 Å². The zero-order valence-electron chi connectivity index (χ0n) is 9.77. The molecule has 1 rings (SSSR count). The molecule has 0 aliphatic carbocycles. The molecule has 0 aliphatic heterocycles. The van der Waals surface area contributed by atoms with Crippen LogP contribution in [0.1, 0.15) is 24.9 Å². The third-order valence-corrected chi connectivity index (χ3v) is 2.06. The lowest BCUT2D eigenvalue weighted by atomic mass is 10.2. The second kappa shape index (κ2) is 6.54. The molecule has 0 radical (unpaired) electrons. The summed E-state index contributed by atoms with van der Waals surface area (Å²) in [5.74, 6) is 0.799. The molecule has 2 heteroatoms. The van der Waals surface area contributed by atoms with Crippen LogP contribution in [0.15, 0.2) is 48.9 Å². The van der Waals surface area contributed by atoms with Crippen LogP contribution < -0.4 is 0 Å². The fourth-order valence-corrected chi connectivity index (χ4v) is 1.19. The molecule has 82 valence electrons. The van der Waals surface area contributed by atoms with Crippen molar-refractivity contribution >= 4 is 5.57 Å². The Morgan fingerprint density at radius 1 is 1.56 bits per heavy atom. The van der Waals surface area contributed by atoms with Gasteiger partial charge in [-0.25, -0.2) is 9.97 Å². The number of aryl methyl sites for hydroxylation is 1. The highest BCUT2D eigenvalue weighted by atomic mass is 14.9. The van der Waals surface area contributed by atoms with Gasteiger partial charge in [0.05, 0.1) is 0 Å². The van der Waals surface area contributed by atoms with Gasteiger partial charge in [0.2, 0.25) is 0 Å². The molecule has 2 nitrogen and oxygen atoms in total. The molecule has 0 amide bonds. The van der Waals surface area contributed by atoms with Gasteiger partial charge in [0.25, 0.3) is 0 Å². The van der Waals surface area contributed by atoms with E-state index >= 15 is 0 Å². The number of aromatic nitrogens is 2. The maximum absolute atomic E-state index is 4.35. The maximum atomic E-state index is 4.35. The number of hydrogen-bond acceptors (Lipinski definition) is 2. The summed E-state index contributed by atoms with van der Waals surface area (Å²) >= 11 is 0. The van der Waals surface area contributed by atoms with Crippen LogP contribution in [0.3, 0.4) is 0 Å². The molecule has 0 bridgehead atoms. The van der Waals surface area contributed by atoms with Crippen molar-refractivity contribution in [1.29, 1.82) is 0 Å². The molecular weight excluding hydrogens is 196 g/mol. The summed E-state index contributed by atoms with van der Waals surface area (Å²) in [6, 6.07) is 1.89. The lowest BCUT2D eigenvalue weighted by Gasteiger charge is -1.99. The molecule has 0 fully saturated rings. The van der Waals surface area contributed by atoms with Crippen LogP contribution in [0.5, 0.6) is 0 Å². The van der Waals surface area contributed by atoms with Crippen molar-refractivity contribution in [2.75, 3.05) is 0 Å². The first-order valence-corrected chi connectivity index (χ1v) is 5.22. The zero-order chi connectivity index (χ0) is 11.8. The van der Waals surface area contributed by atoms with Crippen LogP contribution in [0.2, 0.25) is 0 Å². The molecule has 1 aromatic rings. The van der Waals surface area contributed by atoms with Crippen molar-refractivity contribution in [2.24, 2.45) is 0 Å². The first-order chi connectivity index (χ1) is 7.74. The first kappa shape index (κ1) is 12.2. The van der Waals surface area contributed by atoms with E-state index in [1.54, 1.807) is 12.3 Å². The van der Waals surface area contributed by atoms with Crippen molar-refractivity contribution in [1.82, 2.24) is 9.97 Å². The van der Waals surface area contributed by atoms with Crippen molar-refractivity contribution < 1.29 is 0 Å². The van der Waals surface area contributed by atoms with E-state index in [1.165, 1.54) is 0 Å². The molecule has 0 aliphatic rings. The molecule has 16 heavy (non-hydrogen) atoms. The summed E-state index contributed by atoms with van der Waals surface area (Å²) in [5, 5.41) is 0. The molecule has 0 unspecified atom stereocenters. The minimum absolute atomic E-state index is 0.799. The van der Waals surface area contributed by atoms with Crippen molar-refractivity contribution in [2.45, 2.75) is 20.3 Å². The van der Waals surface area contributed by atoms with E-state index in [0.717, 1.165) is 23.5 Å². The monoisotopic (exact) mass is 212 g/mol. The Morgan fingerprint density at radius 2 is 2.38 bits per heavy atom. The van der Waals surface area contributed by atoms with Crippen LogP contribution in [0.25, 0.3) is 5.57 Å². The second-order valence-corrected chi connectivity index (χ2v) is 3.44. The Hall–Kier alpha value is -1.92. The van der Waals surface area contributed by atoms with Crippen molar-refractivity contribution in [3.05, 3.63) is 60.4 Å². The zero-order valence-corrected chi connectivity index (χ0v) is 9.77. The van der Waals surface area contributed by atoms with Crippen LogP contribution >= 0.6 is 0 Å². The summed E-state index contributed by atoms with van der Waals surface area (Å²) in [4.78, 5) is 8.58. The summed E-state index contributed by atoms with van der Waals surface area (Å²) in [6.07, 6.45) is 10.5. The van der Waals surface area contributed by atoms with Crippen LogP contribution in [0, 0.1) is 6.92 Å². The van der Waals surface area contributed by atoms with Crippen LogP contribution in [0.4, 0.5) is 0 Å². The molecule has 1 aromatic heterocycles. The minimum Gasteiger partial charge on any atom is -0.237 e. The third kappa shape index (κ3) is 4.07. The quantitative estimate of drug-likeness (QED) is 0.564. The van der Waals surface area contributed by atoms with E-state index in [2.05, 4.69) is 28.4 Å². The average molecular weight is 212 g/mol. The Labute approximate surface area is 96.8 Å². The largest absolute Gasteiger partial charge is 0.237 e. The van der Waals surface area contributed by atoms with E-state index in [9.17, 15) is 0 Å². The topological polar surface area (TPSA) is 25.8 Å². The van der Waals surface area contributed by atoms with Gasteiger partial charge >= 0.3 is 0 Å². The van der Waals surface area contributed by atoms with Crippen LogP contribution in [-0.4, -0.2) is 9.97 Å². The number of nitrogens with zero attached hydrogens (tertiary/aromatic N) is 2. The molecule has 0 saturated heterocycles. The van der Waals surface area contributed by atoms with Gasteiger partial charge in [-0.3, -0.25) is 0 Å². The van der Waals surface area contributed by atoms with E-state index in [1.807, 2.05) is 32.1 Å². The summed E-state index contributed by atoms with van der Waals surface area (Å²) in [5.41, 5.74) is 4.77. The Kier molecular flexibility index (Phi) is 4.97. The van der Waals surface area contributed by atoms with Crippen LogP contribution in [-0.2, 0) is 0 Å². The molecular formula is C14H16N2. The van der Waals surface area contributed by atoms with E-state index in [4.69, 9.17) is 0 Å². The maximum Gasteiger partial charge on any atom is 0.154 e. The second-order valence-electron chi connectivity index (χ2n) is 3.44. The van der Waals surface area contributed by atoms with Gasteiger partial charge in [-0.1, -0.05) is 24.8 Å². The molecule has 0 spiro atoms. The lowest BCUT2D eigenvalue weighted by molar-refractivity contribution is 1.06. The molecule has 0 aromatic carbocycles. The van der Waals surface area contributed by atoms with Gasteiger partial charge in [-0.05, 0) is 38.0 Å². The summed E-state index contributed by atoms with van der Waals surface area (Å²) in [6.45, 7) is 7.47. The molecule has 0 saturated carbocycles. The normalized spacial score (nSPS) is 11.5. The van der Waals surface area contributed by atoms with Gasteiger partial charge < -0.3 is 0 Å². The average Bonchev–Trinajstić information content (AvgIpc) is 2.28. The van der Waals surface area contributed by atoms with Gasteiger partial charge in [0, 0.05) is 11.9 Å². The Balaban J connectivity index is 2.66. The van der Waals surface area contributed by atoms with Gasteiger partial charge in [-0.15, -0.1) is 5.73 Å².